The van der Waals surface area contributed by atoms with Gasteiger partial charge in [-0.1, -0.05) is 30.7 Å². The number of nitrogens with one attached hydrogen (secondary N) is 1. The van der Waals surface area contributed by atoms with Crippen molar-refractivity contribution >= 4 is 11.6 Å². The second-order valence-electron chi connectivity index (χ2n) is 7.08. The lowest BCUT2D eigenvalue weighted by molar-refractivity contribution is 0.182. The van der Waals surface area contributed by atoms with E-state index in [2.05, 4.69) is 52.2 Å². The maximum atomic E-state index is 5.98. The Balaban J connectivity index is 1.50. The van der Waals surface area contributed by atoms with Crippen LogP contribution in [0.1, 0.15) is 43.0 Å². The van der Waals surface area contributed by atoms with Crippen molar-refractivity contribution in [1.82, 2.24) is 20.0 Å². The molecule has 2 heterocycles. The average Bonchev–Trinajstić information content (AvgIpc) is 2.95. The summed E-state index contributed by atoms with van der Waals surface area (Å²) in [7, 11) is 0. The molecule has 0 aliphatic carbocycles. The highest BCUT2D eigenvalue weighted by Crippen LogP contribution is 2.16. The standard InChI is InChI=1S/C20H29ClN4/c1-3-10-25-14-18(16(2)23-25)12-22-20-5-4-11-24(15-20)13-17-6-8-19(21)9-7-17/h6-9,14,20,22H,3-5,10-13,15H2,1-2H3/t20-/m1/s1. The number of benzene rings is 1. The second-order valence-corrected chi connectivity index (χ2v) is 7.52. The number of hydrogen-bond donors (Lipinski definition) is 1. The molecule has 0 spiro atoms. The molecule has 2 aromatic rings. The maximum absolute atomic E-state index is 5.98. The van der Waals surface area contributed by atoms with Crippen molar-refractivity contribution in [2.75, 3.05) is 13.1 Å². The summed E-state index contributed by atoms with van der Waals surface area (Å²) in [4.78, 5) is 2.54. The molecule has 1 aromatic carbocycles. The predicted molar refractivity (Wildman–Crippen MR) is 104 cm³/mol. The van der Waals surface area contributed by atoms with Gasteiger partial charge in [0.25, 0.3) is 0 Å². The minimum atomic E-state index is 0.551. The van der Waals surface area contributed by atoms with Crippen LogP contribution in [0.3, 0.4) is 0 Å². The number of rotatable bonds is 7. The van der Waals surface area contributed by atoms with Gasteiger partial charge >= 0.3 is 0 Å². The van der Waals surface area contributed by atoms with Crippen molar-refractivity contribution in [1.29, 1.82) is 0 Å². The fourth-order valence-corrected chi connectivity index (χ4v) is 3.67. The SMILES string of the molecule is CCCn1cc(CN[C@@H]2CCCN(Cc3ccc(Cl)cc3)C2)c(C)n1. The molecule has 1 saturated heterocycles. The molecule has 1 fully saturated rings. The van der Waals surface area contributed by atoms with E-state index in [-0.39, 0.29) is 0 Å². The van der Waals surface area contributed by atoms with Crippen LogP contribution in [0.25, 0.3) is 0 Å². The third-order valence-electron chi connectivity index (χ3n) is 4.91. The molecule has 1 aliphatic rings. The summed E-state index contributed by atoms with van der Waals surface area (Å²) in [6.45, 7) is 9.49. The van der Waals surface area contributed by atoms with Crippen LogP contribution in [0.5, 0.6) is 0 Å². The first kappa shape index (κ1) is 18.4. The van der Waals surface area contributed by atoms with E-state index >= 15 is 0 Å². The van der Waals surface area contributed by atoms with Gasteiger partial charge in [0.15, 0.2) is 0 Å². The third-order valence-corrected chi connectivity index (χ3v) is 5.16. The first-order chi connectivity index (χ1) is 12.1. The molecule has 0 saturated carbocycles. The van der Waals surface area contributed by atoms with Gasteiger partial charge in [0.2, 0.25) is 0 Å². The van der Waals surface area contributed by atoms with Crippen LogP contribution >= 0.6 is 11.6 Å². The highest BCUT2D eigenvalue weighted by atomic mass is 35.5. The molecule has 4 nitrogen and oxygen atoms in total. The average molecular weight is 361 g/mol. The van der Waals surface area contributed by atoms with E-state index in [0.29, 0.717) is 6.04 Å². The van der Waals surface area contributed by atoms with Gasteiger partial charge in [-0.25, -0.2) is 0 Å². The smallest absolute Gasteiger partial charge is 0.0638 e. The van der Waals surface area contributed by atoms with E-state index in [1.54, 1.807) is 0 Å². The molecule has 3 rings (SSSR count). The van der Waals surface area contributed by atoms with Gasteiger partial charge in [-0.05, 0) is 50.4 Å². The Kier molecular flexibility index (Phi) is 6.51. The van der Waals surface area contributed by atoms with E-state index in [1.165, 1.54) is 30.5 Å². The summed E-state index contributed by atoms with van der Waals surface area (Å²) in [6.07, 6.45) is 5.81. The van der Waals surface area contributed by atoms with Crippen molar-refractivity contribution in [3.8, 4) is 0 Å². The fourth-order valence-electron chi connectivity index (χ4n) is 3.54. The Morgan fingerprint density at radius 3 is 2.84 bits per heavy atom. The van der Waals surface area contributed by atoms with Gasteiger partial charge in [0.1, 0.15) is 0 Å². The molecule has 5 heteroatoms. The molecule has 0 bridgehead atoms. The van der Waals surface area contributed by atoms with Crippen molar-refractivity contribution in [2.45, 2.75) is 58.8 Å². The molecule has 1 atom stereocenters. The highest BCUT2D eigenvalue weighted by molar-refractivity contribution is 6.30. The first-order valence-corrected chi connectivity index (χ1v) is 9.75. The summed E-state index contributed by atoms with van der Waals surface area (Å²) in [6, 6.07) is 8.77. The fraction of sp³-hybridized carbons (Fsp3) is 0.550. The van der Waals surface area contributed by atoms with Gasteiger partial charge in [0, 0.05) is 49.0 Å². The lowest BCUT2D eigenvalue weighted by Gasteiger charge is -2.33. The number of halogens is 1. The van der Waals surface area contributed by atoms with Crippen LogP contribution in [-0.2, 0) is 19.6 Å². The largest absolute Gasteiger partial charge is 0.309 e. The molecule has 1 aromatic heterocycles. The number of aryl methyl sites for hydroxylation is 2. The number of hydrogen-bond acceptors (Lipinski definition) is 3. The molecular formula is C20H29ClN4. The molecule has 0 unspecified atom stereocenters. The summed E-state index contributed by atoms with van der Waals surface area (Å²) in [5.74, 6) is 0. The molecule has 136 valence electrons. The van der Waals surface area contributed by atoms with E-state index in [9.17, 15) is 0 Å². The zero-order valence-electron chi connectivity index (χ0n) is 15.3. The monoisotopic (exact) mass is 360 g/mol. The number of piperidine rings is 1. The molecule has 0 amide bonds. The normalized spacial score (nSPS) is 18.6. The summed E-state index contributed by atoms with van der Waals surface area (Å²) in [5, 5.41) is 9.15. The van der Waals surface area contributed by atoms with Crippen molar-refractivity contribution in [3.63, 3.8) is 0 Å². The molecule has 0 radical (unpaired) electrons. The first-order valence-electron chi connectivity index (χ1n) is 9.37. The Bertz CT molecular complexity index is 665. The van der Waals surface area contributed by atoms with Crippen molar-refractivity contribution in [2.24, 2.45) is 0 Å². The zero-order valence-corrected chi connectivity index (χ0v) is 16.1. The lowest BCUT2D eigenvalue weighted by atomic mass is 10.0. The van der Waals surface area contributed by atoms with Crippen molar-refractivity contribution in [3.05, 3.63) is 52.3 Å². The van der Waals surface area contributed by atoms with Crippen LogP contribution in [0.4, 0.5) is 0 Å². The van der Waals surface area contributed by atoms with Gasteiger partial charge in [0.05, 0.1) is 5.69 Å². The quantitative estimate of drug-likeness (QED) is 0.809. The van der Waals surface area contributed by atoms with Crippen LogP contribution in [0.15, 0.2) is 30.5 Å². The summed E-state index contributed by atoms with van der Waals surface area (Å²) >= 11 is 5.98. The topological polar surface area (TPSA) is 33.1 Å². The van der Waals surface area contributed by atoms with E-state index < -0.39 is 0 Å². The molecular weight excluding hydrogens is 332 g/mol. The van der Waals surface area contributed by atoms with Gasteiger partial charge in [-0.2, -0.15) is 5.10 Å². The van der Waals surface area contributed by atoms with Crippen LogP contribution in [-0.4, -0.2) is 33.8 Å². The van der Waals surface area contributed by atoms with Crippen molar-refractivity contribution < 1.29 is 0 Å². The number of aromatic nitrogens is 2. The maximum Gasteiger partial charge on any atom is 0.0638 e. The lowest BCUT2D eigenvalue weighted by Crippen LogP contribution is -2.45. The van der Waals surface area contributed by atoms with E-state index in [0.717, 1.165) is 43.3 Å². The highest BCUT2D eigenvalue weighted by Gasteiger charge is 2.20. The van der Waals surface area contributed by atoms with Gasteiger partial charge in [-0.15, -0.1) is 0 Å². The Morgan fingerprint density at radius 1 is 1.28 bits per heavy atom. The minimum absolute atomic E-state index is 0.551. The Morgan fingerprint density at radius 2 is 2.08 bits per heavy atom. The summed E-state index contributed by atoms with van der Waals surface area (Å²) in [5.41, 5.74) is 3.81. The molecule has 25 heavy (non-hydrogen) atoms. The van der Waals surface area contributed by atoms with Gasteiger partial charge < -0.3 is 5.32 Å². The minimum Gasteiger partial charge on any atom is -0.309 e. The van der Waals surface area contributed by atoms with Gasteiger partial charge in [-0.3, -0.25) is 9.58 Å². The Hall–Kier alpha value is -1.36. The number of likely N-dealkylation sites (tertiary alicyclic amines) is 1. The van der Waals surface area contributed by atoms with Crippen LogP contribution < -0.4 is 5.32 Å². The van der Waals surface area contributed by atoms with Crippen LogP contribution in [0.2, 0.25) is 5.02 Å². The molecule has 1 N–H and O–H groups in total. The zero-order chi connectivity index (χ0) is 17.6. The van der Waals surface area contributed by atoms with E-state index in [1.807, 2.05) is 12.1 Å². The van der Waals surface area contributed by atoms with E-state index in [4.69, 9.17) is 11.6 Å². The summed E-state index contributed by atoms with van der Waals surface area (Å²) < 4.78 is 2.07. The third kappa shape index (κ3) is 5.30. The number of nitrogens with zero attached hydrogens (tertiary/aromatic N) is 3. The predicted octanol–water partition coefficient (Wildman–Crippen LogP) is 4.01. The van der Waals surface area contributed by atoms with Crippen LogP contribution in [0, 0.1) is 6.92 Å². The second kappa shape index (κ2) is 8.84. The molecule has 1 aliphatic heterocycles. The Labute approximate surface area is 156 Å².